The molecule has 0 spiro atoms. The summed E-state index contributed by atoms with van der Waals surface area (Å²) in [5.41, 5.74) is 1.29. The third kappa shape index (κ3) is 2.72. The molecule has 0 N–H and O–H groups in total. The van der Waals surface area contributed by atoms with Crippen molar-refractivity contribution in [2.45, 2.75) is 19.9 Å². The number of nitrogens with zero attached hydrogens (tertiary/aromatic N) is 2. The van der Waals surface area contributed by atoms with E-state index in [0.717, 1.165) is 19.6 Å². The first kappa shape index (κ1) is 13.1. The number of hydrogen-bond donors (Lipinski definition) is 0. The molecule has 1 heterocycles. The summed E-state index contributed by atoms with van der Waals surface area (Å²) < 4.78 is 0. The lowest BCUT2D eigenvalue weighted by Gasteiger charge is -2.40. The molecule has 98 valence electrons. The molecule has 1 aliphatic rings. The highest BCUT2D eigenvalue weighted by Crippen LogP contribution is 2.24. The van der Waals surface area contributed by atoms with Gasteiger partial charge in [0.2, 0.25) is 5.91 Å². The maximum absolute atomic E-state index is 12.1. The Bertz CT molecular complexity index is 402. The van der Waals surface area contributed by atoms with Gasteiger partial charge in [0.25, 0.3) is 0 Å². The van der Waals surface area contributed by atoms with E-state index in [-0.39, 0.29) is 11.8 Å². The van der Waals surface area contributed by atoms with E-state index in [9.17, 15) is 4.79 Å². The number of carbonyl (C=O) groups excluding carboxylic acids is 1. The predicted molar refractivity (Wildman–Crippen MR) is 73.2 cm³/mol. The van der Waals surface area contributed by atoms with E-state index in [4.69, 9.17) is 0 Å². The Morgan fingerprint density at radius 3 is 2.50 bits per heavy atom. The summed E-state index contributed by atoms with van der Waals surface area (Å²) in [5, 5.41) is 0. The van der Waals surface area contributed by atoms with Gasteiger partial charge in [-0.15, -0.1) is 0 Å². The fourth-order valence-corrected chi connectivity index (χ4v) is 2.47. The average molecular weight is 246 g/mol. The van der Waals surface area contributed by atoms with E-state index in [0.29, 0.717) is 6.04 Å². The van der Waals surface area contributed by atoms with Crippen LogP contribution in [0.25, 0.3) is 0 Å². The van der Waals surface area contributed by atoms with Gasteiger partial charge < -0.3 is 4.90 Å². The minimum Gasteiger partial charge on any atom is -0.339 e. The summed E-state index contributed by atoms with van der Waals surface area (Å²) in [6.07, 6.45) is 0. The van der Waals surface area contributed by atoms with E-state index >= 15 is 0 Å². The Balaban J connectivity index is 2.13. The highest BCUT2D eigenvalue weighted by molar-refractivity contribution is 5.78. The van der Waals surface area contributed by atoms with Gasteiger partial charge in [0, 0.05) is 25.6 Å². The van der Waals surface area contributed by atoms with Crippen LogP contribution in [0, 0.1) is 5.92 Å². The molecule has 1 amide bonds. The zero-order valence-corrected chi connectivity index (χ0v) is 11.5. The number of likely N-dealkylation sites (N-methyl/N-ethyl adjacent to an activating group) is 1. The molecule has 1 saturated heterocycles. The first-order valence-electron chi connectivity index (χ1n) is 6.63. The van der Waals surface area contributed by atoms with Crippen LogP contribution in [0.3, 0.4) is 0 Å². The fraction of sp³-hybridized carbons (Fsp3) is 0.533. The van der Waals surface area contributed by atoms with E-state index in [2.05, 4.69) is 36.2 Å². The highest BCUT2D eigenvalue weighted by Gasteiger charge is 2.29. The molecule has 3 heteroatoms. The van der Waals surface area contributed by atoms with Crippen molar-refractivity contribution in [2.24, 2.45) is 5.92 Å². The second kappa shape index (κ2) is 5.53. The Morgan fingerprint density at radius 2 is 1.89 bits per heavy atom. The Kier molecular flexibility index (Phi) is 4.02. The zero-order chi connectivity index (χ0) is 13.1. The van der Waals surface area contributed by atoms with Crippen molar-refractivity contribution in [1.29, 1.82) is 0 Å². The topological polar surface area (TPSA) is 23.6 Å². The average Bonchev–Trinajstić information content (AvgIpc) is 2.39. The number of hydrogen-bond acceptors (Lipinski definition) is 2. The summed E-state index contributed by atoms with van der Waals surface area (Å²) in [5.74, 6) is 0.355. The van der Waals surface area contributed by atoms with Crippen molar-refractivity contribution in [3.63, 3.8) is 0 Å². The number of piperazine rings is 1. The highest BCUT2D eigenvalue weighted by atomic mass is 16.2. The van der Waals surface area contributed by atoms with Gasteiger partial charge in [-0.3, -0.25) is 9.69 Å². The van der Waals surface area contributed by atoms with E-state index in [1.165, 1.54) is 5.56 Å². The van der Waals surface area contributed by atoms with Gasteiger partial charge in [-0.1, -0.05) is 44.2 Å². The monoisotopic (exact) mass is 246 g/mol. The van der Waals surface area contributed by atoms with E-state index in [1.54, 1.807) is 0 Å². The van der Waals surface area contributed by atoms with Crippen LogP contribution in [0.4, 0.5) is 0 Å². The van der Waals surface area contributed by atoms with Crippen molar-refractivity contribution in [3.8, 4) is 0 Å². The maximum Gasteiger partial charge on any atom is 0.225 e. The SMILES string of the molecule is CC(C)C(=O)N1CCN(C)[C@@H](c2ccccc2)C1. The third-order valence-electron chi connectivity index (χ3n) is 3.64. The summed E-state index contributed by atoms with van der Waals surface area (Å²) in [6, 6.07) is 10.8. The van der Waals surface area contributed by atoms with Crippen molar-refractivity contribution in [2.75, 3.05) is 26.7 Å². The molecule has 3 nitrogen and oxygen atoms in total. The van der Waals surface area contributed by atoms with Crippen molar-refractivity contribution in [3.05, 3.63) is 35.9 Å². The fourth-order valence-electron chi connectivity index (χ4n) is 2.47. The number of rotatable bonds is 2. The quantitative estimate of drug-likeness (QED) is 0.798. The second-order valence-corrected chi connectivity index (χ2v) is 5.35. The molecule has 2 rings (SSSR count). The standard InChI is InChI=1S/C15H22N2O/c1-12(2)15(18)17-10-9-16(3)14(11-17)13-7-5-4-6-8-13/h4-8,12,14H,9-11H2,1-3H3/t14-/m1/s1. The molecule has 1 aromatic carbocycles. The molecule has 1 aliphatic heterocycles. The Labute approximate surface area is 109 Å². The molecular weight excluding hydrogens is 224 g/mol. The van der Waals surface area contributed by atoms with Crippen molar-refractivity contribution < 1.29 is 4.79 Å². The predicted octanol–water partition coefficient (Wildman–Crippen LogP) is 2.16. The molecule has 0 saturated carbocycles. The molecule has 0 bridgehead atoms. The molecule has 18 heavy (non-hydrogen) atoms. The summed E-state index contributed by atoms with van der Waals surface area (Å²) in [4.78, 5) is 16.4. The van der Waals surface area contributed by atoms with Crippen LogP contribution in [0.2, 0.25) is 0 Å². The van der Waals surface area contributed by atoms with Gasteiger partial charge in [-0.05, 0) is 12.6 Å². The normalized spacial score (nSPS) is 21.3. The van der Waals surface area contributed by atoms with Crippen molar-refractivity contribution in [1.82, 2.24) is 9.80 Å². The van der Waals surface area contributed by atoms with Crippen LogP contribution in [0.5, 0.6) is 0 Å². The second-order valence-electron chi connectivity index (χ2n) is 5.35. The van der Waals surface area contributed by atoms with Gasteiger partial charge in [0.05, 0.1) is 6.04 Å². The van der Waals surface area contributed by atoms with E-state index < -0.39 is 0 Å². The van der Waals surface area contributed by atoms with Gasteiger partial charge in [0.1, 0.15) is 0 Å². The summed E-state index contributed by atoms with van der Waals surface area (Å²) >= 11 is 0. The maximum atomic E-state index is 12.1. The summed E-state index contributed by atoms with van der Waals surface area (Å²) in [7, 11) is 2.13. The van der Waals surface area contributed by atoms with Gasteiger partial charge >= 0.3 is 0 Å². The lowest BCUT2D eigenvalue weighted by molar-refractivity contribution is -0.137. The molecule has 1 aromatic rings. The van der Waals surface area contributed by atoms with Crippen LogP contribution in [0.15, 0.2) is 30.3 Å². The lowest BCUT2D eigenvalue weighted by atomic mass is 10.0. The zero-order valence-electron chi connectivity index (χ0n) is 11.5. The smallest absolute Gasteiger partial charge is 0.225 e. The minimum atomic E-state index is 0.0878. The molecule has 0 aliphatic carbocycles. The molecule has 0 radical (unpaired) electrons. The van der Waals surface area contributed by atoms with Gasteiger partial charge in [-0.2, -0.15) is 0 Å². The van der Waals surface area contributed by atoms with Crippen LogP contribution >= 0.6 is 0 Å². The van der Waals surface area contributed by atoms with Crippen LogP contribution in [0.1, 0.15) is 25.5 Å². The van der Waals surface area contributed by atoms with Crippen molar-refractivity contribution >= 4 is 5.91 Å². The van der Waals surface area contributed by atoms with E-state index in [1.807, 2.05) is 24.8 Å². The lowest BCUT2D eigenvalue weighted by Crippen LogP contribution is -2.50. The number of amides is 1. The van der Waals surface area contributed by atoms with Crippen LogP contribution in [-0.2, 0) is 4.79 Å². The van der Waals surface area contributed by atoms with Crippen LogP contribution in [-0.4, -0.2) is 42.4 Å². The van der Waals surface area contributed by atoms with Gasteiger partial charge in [-0.25, -0.2) is 0 Å². The molecule has 0 aromatic heterocycles. The number of carbonyl (C=O) groups is 1. The molecule has 1 fully saturated rings. The number of benzene rings is 1. The Hall–Kier alpha value is -1.35. The first-order valence-corrected chi connectivity index (χ1v) is 6.63. The van der Waals surface area contributed by atoms with Crippen LogP contribution < -0.4 is 0 Å². The van der Waals surface area contributed by atoms with Gasteiger partial charge in [0.15, 0.2) is 0 Å². The molecule has 0 unspecified atom stereocenters. The Morgan fingerprint density at radius 1 is 1.22 bits per heavy atom. The summed E-state index contributed by atoms with van der Waals surface area (Å²) in [6.45, 7) is 6.53. The minimum absolute atomic E-state index is 0.0878. The molecule has 1 atom stereocenters. The molecular formula is C15H22N2O. The first-order chi connectivity index (χ1) is 8.59. The third-order valence-corrected chi connectivity index (χ3v) is 3.64. The largest absolute Gasteiger partial charge is 0.339 e.